The molecule has 0 bridgehead atoms. The number of nitrogens with zero attached hydrogens (tertiary/aromatic N) is 1. The third-order valence-electron chi connectivity index (χ3n) is 3.40. The van der Waals surface area contributed by atoms with E-state index in [2.05, 4.69) is 4.72 Å². The second-order valence-corrected chi connectivity index (χ2v) is 6.69. The monoisotopic (exact) mass is 280 g/mol. The van der Waals surface area contributed by atoms with Crippen LogP contribution in [0.4, 0.5) is 0 Å². The maximum absolute atomic E-state index is 12.1. The predicted octanol–water partition coefficient (Wildman–Crippen LogP) is 0.893. The summed E-state index contributed by atoms with van der Waals surface area (Å²) in [5.74, 6) is -0.176. The fraction of sp³-hybridized carbons (Fsp3) is 0.462. The molecule has 1 aromatic rings. The molecule has 0 atom stereocenters. The number of nitriles is 1. The molecule has 0 spiro atoms. The molecule has 5 nitrogen and oxygen atoms in total. The van der Waals surface area contributed by atoms with Crippen molar-refractivity contribution in [2.45, 2.75) is 30.6 Å². The highest BCUT2D eigenvalue weighted by atomic mass is 32.2. The molecule has 2 N–H and O–H groups in total. The number of nitrogens with one attached hydrogen (secondary N) is 1. The minimum absolute atomic E-state index is 0.176. The number of aliphatic hydroxyl groups excluding tert-OH is 1. The molecular weight excluding hydrogens is 264 g/mol. The lowest BCUT2D eigenvalue weighted by molar-refractivity contribution is 0.110. The van der Waals surface area contributed by atoms with Crippen molar-refractivity contribution in [1.29, 1.82) is 5.26 Å². The minimum atomic E-state index is -3.51. The summed E-state index contributed by atoms with van der Waals surface area (Å²) >= 11 is 0. The van der Waals surface area contributed by atoms with Crippen molar-refractivity contribution in [3.63, 3.8) is 0 Å². The molecule has 102 valence electrons. The van der Waals surface area contributed by atoms with Crippen molar-refractivity contribution in [3.8, 4) is 6.07 Å². The van der Waals surface area contributed by atoms with Gasteiger partial charge in [0.15, 0.2) is 0 Å². The zero-order valence-corrected chi connectivity index (χ0v) is 11.3. The van der Waals surface area contributed by atoms with Crippen molar-refractivity contribution in [2.75, 3.05) is 6.61 Å². The summed E-state index contributed by atoms with van der Waals surface area (Å²) in [6, 6.07) is 8.50. The van der Waals surface area contributed by atoms with Crippen LogP contribution in [0.1, 0.15) is 30.4 Å². The standard InChI is InChI=1S/C13H16N2O3S/c14-8-11-3-1-4-12(7-11)9-19(17,18)15-13(10-16)5-2-6-13/h1,3-4,7,15-16H,2,5-6,9-10H2. The molecule has 0 aliphatic heterocycles. The van der Waals surface area contributed by atoms with Crippen molar-refractivity contribution >= 4 is 10.0 Å². The van der Waals surface area contributed by atoms with Gasteiger partial charge in [-0.05, 0) is 37.0 Å². The number of sulfonamides is 1. The van der Waals surface area contributed by atoms with E-state index in [-0.39, 0.29) is 12.4 Å². The highest BCUT2D eigenvalue weighted by Gasteiger charge is 2.39. The summed E-state index contributed by atoms with van der Waals surface area (Å²) in [5, 5.41) is 18.1. The van der Waals surface area contributed by atoms with Crippen LogP contribution in [0.25, 0.3) is 0 Å². The van der Waals surface area contributed by atoms with Crippen LogP contribution < -0.4 is 4.72 Å². The molecule has 1 aliphatic carbocycles. The zero-order valence-electron chi connectivity index (χ0n) is 10.5. The molecular formula is C13H16N2O3S. The second kappa shape index (κ2) is 5.29. The van der Waals surface area contributed by atoms with Gasteiger partial charge >= 0.3 is 0 Å². The van der Waals surface area contributed by atoms with Gasteiger partial charge in [0.25, 0.3) is 0 Å². The molecule has 0 radical (unpaired) electrons. The first-order chi connectivity index (χ1) is 8.99. The predicted molar refractivity (Wildman–Crippen MR) is 70.6 cm³/mol. The van der Waals surface area contributed by atoms with E-state index in [1.165, 1.54) is 0 Å². The SMILES string of the molecule is N#Cc1cccc(CS(=O)(=O)NC2(CO)CCC2)c1. The van der Waals surface area contributed by atoms with E-state index in [1.807, 2.05) is 6.07 Å². The first-order valence-electron chi connectivity index (χ1n) is 6.10. The van der Waals surface area contributed by atoms with Gasteiger partial charge in [0.2, 0.25) is 10.0 Å². The van der Waals surface area contributed by atoms with Crippen LogP contribution in [0.3, 0.4) is 0 Å². The summed E-state index contributed by atoms with van der Waals surface area (Å²) in [7, 11) is -3.51. The Labute approximate surface area is 112 Å². The number of aliphatic hydroxyl groups is 1. The van der Waals surface area contributed by atoms with Crippen molar-refractivity contribution in [2.24, 2.45) is 0 Å². The third kappa shape index (κ3) is 3.32. The maximum Gasteiger partial charge on any atom is 0.216 e. The fourth-order valence-corrected chi connectivity index (χ4v) is 3.83. The first-order valence-corrected chi connectivity index (χ1v) is 7.75. The van der Waals surface area contributed by atoms with Crippen LogP contribution in [-0.4, -0.2) is 25.7 Å². The number of benzene rings is 1. The van der Waals surface area contributed by atoms with Gasteiger partial charge in [0.05, 0.1) is 29.5 Å². The summed E-state index contributed by atoms with van der Waals surface area (Å²) in [5.41, 5.74) is 0.332. The van der Waals surface area contributed by atoms with Crippen molar-refractivity contribution in [3.05, 3.63) is 35.4 Å². The van der Waals surface area contributed by atoms with E-state index < -0.39 is 15.6 Å². The largest absolute Gasteiger partial charge is 0.394 e. The Morgan fingerprint density at radius 2 is 2.16 bits per heavy atom. The Hall–Kier alpha value is -1.42. The van der Waals surface area contributed by atoms with Gasteiger partial charge in [-0.1, -0.05) is 12.1 Å². The number of rotatable bonds is 5. The Kier molecular flexibility index (Phi) is 3.90. The van der Waals surface area contributed by atoms with Gasteiger partial charge in [-0.2, -0.15) is 5.26 Å². The average Bonchev–Trinajstić information content (AvgIpc) is 2.33. The molecule has 0 saturated heterocycles. The molecule has 0 aromatic heterocycles. The summed E-state index contributed by atoms with van der Waals surface area (Å²) in [6.45, 7) is -0.176. The van der Waals surface area contributed by atoms with Crippen molar-refractivity contribution in [1.82, 2.24) is 4.72 Å². The van der Waals surface area contributed by atoms with Gasteiger partial charge in [0, 0.05) is 0 Å². The molecule has 1 aliphatic rings. The topological polar surface area (TPSA) is 90.2 Å². The van der Waals surface area contributed by atoms with Crippen LogP contribution in [0.15, 0.2) is 24.3 Å². The highest BCUT2D eigenvalue weighted by Crippen LogP contribution is 2.32. The Morgan fingerprint density at radius 3 is 2.68 bits per heavy atom. The summed E-state index contributed by atoms with van der Waals surface area (Å²) < 4.78 is 26.7. The van der Waals surface area contributed by atoms with Gasteiger partial charge in [-0.3, -0.25) is 0 Å². The molecule has 19 heavy (non-hydrogen) atoms. The lowest BCUT2D eigenvalue weighted by Crippen LogP contribution is -2.56. The summed E-state index contributed by atoms with van der Waals surface area (Å²) in [4.78, 5) is 0. The van der Waals surface area contributed by atoms with Crippen molar-refractivity contribution < 1.29 is 13.5 Å². The van der Waals surface area contributed by atoms with Gasteiger partial charge in [-0.25, -0.2) is 13.1 Å². The summed E-state index contributed by atoms with van der Waals surface area (Å²) in [6.07, 6.45) is 2.26. The zero-order chi connectivity index (χ0) is 13.9. The van der Waals surface area contributed by atoms with Crippen LogP contribution in [0, 0.1) is 11.3 Å². The highest BCUT2D eigenvalue weighted by molar-refractivity contribution is 7.88. The molecule has 6 heteroatoms. The van der Waals surface area contributed by atoms with E-state index in [1.54, 1.807) is 24.3 Å². The molecule has 2 rings (SSSR count). The Morgan fingerprint density at radius 1 is 1.42 bits per heavy atom. The molecule has 1 aromatic carbocycles. The normalized spacial score (nSPS) is 17.5. The smallest absolute Gasteiger partial charge is 0.216 e. The average molecular weight is 280 g/mol. The van der Waals surface area contributed by atoms with Gasteiger partial charge in [0.1, 0.15) is 0 Å². The molecule has 0 amide bonds. The quantitative estimate of drug-likeness (QED) is 0.838. The lowest BCUT2D eigenvalue weighted by atomic mass is 9.78. The fourth-order valence-electron chi connectivity index (χ4n) is 2.21. The van der Waals surface area contributed by atoms with Gasteiger partial charge in [-0.15, -0.1) is 0 Å². The van der Waals surface area contributed by atoms with Gasteiger partial charge < -0.3 is 5.11 Å². The Bertz CT molecular complexity index is 595. The molecule has 1 saturated carbocycles. The molecule has 1 fully saturated rings. The number of hydrogen-bond acceptors (Lipinski definition) is 4. The van der Waals surface area contributed by atoms with E-state index in [0.29, 0.717) is 24.0 Å². The van der Waals surface area contributed by atoms with E-state index in [9.17, 15) is 13.5 Å². The first kappa shape index (κ1) is 14.0. The minimum Gasteiger partial charge on any atom is -0.394 e. The molecule has 0 heterocycles. The van der Waals surface area contributed by atoms with E-state index in [4.69, 9.17) is 5.26 Å². The Balaban J connectivity index is 2.10. The molecule has 0 unspecified atom stereocenters. The van der Waals surface area contributed by atoms with Crippen LogP contribution >= 0.6 is 0 Å². The van der Waals surface area contributed by atoms with Crippen LogP contribution in [0.2, 0.25) is 0 Å². The lowest BCUT2D eigenvalue weighted by Gasteiger charge is -2.40. The maximum atomic E-state index is 12.1. The second-order valence-electron chi connectivity index (χ2n) is 4.97. The third-order valence-corrected chi connectivity index (χ3v) is 4.86. The van der Waals surface area contributed by atoms with Crippen LogP contribution in [0.5, 0.6) is 0 Å². The van der Waals surface area contributed by atoms with E-state index in [0.717, 1.165) is 6.42 Å². The van der Waals surface area contributed by atoms with E-state index >= 15 is 0 Å². The van der Waals surface area contributed by atoms with Crippen LogP contribution in [-0.2, 0) is 15.8 Å². The number of hydrogen-bond donors (Lipinski definition) is 2.